The van der Waals surface area contributed by atoms with Gasteiger partial charge < -0.3 is 0 Å². The van der Waals surface area contributed by atoms with Crippen molar-refractivity contribution in [2.45, 2.75) is 56.9 Å². The third-order valence-corrected chi connectivity index (χ3v) is 5.46. The van der Waals surface area contributed by atoms with Crippen LogP contribution in [0.25, 0.3) is 0 Å². The van der Waals surface area contributed by atoms with E-state index in [0.29, 0.717) is 4.90 Å². The van der Waals surface area contributed by atoms with E-state index >= 15 is 0 Å². The van der Waals surface area contributed by atoms with Crippen LogP contribution in [-0.4, -0.2) is 12.7 Å². The van der Waals surface area contributed by atoms with Gasteiger partial charge in [0.1, 0.15) is 0 Å². The zero-order chi connectivity index (χ0) is 14.6. The molecule has 0 amide bonds. The van der Waals surface area contributed by atoms with Crippen LogP contribution in [0, 0.1) is 12.0 Å². The summed E-state index contributed by atoms with van der Waals surface area (Å²) in [6.45, 7) is 4.05. The summed E-state index contributed by atoms with van der Waals surface area (Å²) in [6, 6.07) is 9.79. The van der Waals surface area contributed by atoms with Crippen LogP contribution < -0.4 is 0 Å². The van der Waals surface area contributed by atoms with Gasteiger partial charge in [-0.25, -0.2) is 12.7 Å². The highest BCUT2D eigenvalue weighted by atomic mass is 32.2. The zero-order valence-corrected chi connectivity index (χ0v) is 12.9. The third-order valence-electron chi connectivity index (χ3n) is 3.60. The van der Waals surface area contributed by atoms with Gasteiger partial charge in [-0.05, 0) is 25.0 Å². The van der Waals surface area contributed by atoms with Gasteiger partial charge in [0.15, 0.2) is 0 Å². The second-order valence-corrected chi connectivity index (χ2v) is 6.90. The van der Waals surface area contributed by atoms with E-state index < -0.39 is 10.0 Å². The molecule has 1 aromatic carbocycles. The molecule has 0 spiro atoms. The smallest absolute Gasteiger partial charge is 0.217 e. The second-order valence-electron chi connectivity index (χ2n) is 5.11. The average Bonchev–Trinajstić information content (AvgIpc) is 2.63. The molecule has 1 aliphatic rings. The van der Waals surface area contributed by atoms with Crippen molar-refractivity contribution in [3.63, 3.8) is 0 Å². The van der Waals surface area contributed by atoms with Gasteiger partial charge in [-0.3, -0.25) is 0 Å². The lowest BCUT2D eigenvalue weighted by Crippen LogP contribution is -2.21. The van der Waals surface area contributed by atoms with Gasteiger partial charge in [-0.15, -0.1) is 0 Å². The van der Waals surface area contributed by atoms with Gasteiger partial charge in [0.2, 0.25) is 0 Å². The largest absolute Gasteiger partial charge is 0.271 e. The molecule has 3 nitrogen and oxygen atoms in total. The lowest BCUT2D eigenvalue weighted by atomic mass is 10.1. The van der Waals surface area contributed by atoms with E-state index in [1.165, 1.54) is 17.1 Å². The van der Waals surface area contributed by atoms with Crippen molar-refractivity contribution < 1.29 is 8.42 Å². The number of rotatable bonds is 4. The normalized spacial score (nSPS) is 19.3. The fourth-order valence-corrected chi connectivity index (χ4v) is 4.15. The highest BCUT2D eigenvalue weighted by molar-refractivity contribution is 7.89. The molecule has 0 aromatic heterocycles. The molecule has 1 unspecified atom stereocenters. The first-order valence-electron chi connectivity index (χ1n) is 7.21. The molecule has 0 fully saturated rings. The van der Waals surface area contributed by atoms with E-state index in [1.54, 1.807) is 12.1 Å². The summed E-state index contributed by atoms with van der Waals surface area (Å²) in [5, 5.41) is 0. The fourth-order valence-electron chi connectivity index (χ4n) is 2.43. The summed E-state index contributed by atoms with van der Waals surface area (Å²) in [6.07, 6.45) is 5.37. The predicted octanol–water partition coefficient (Wildman–Crippen LogP) is 3.68. The number of benzene rings is 1. The van der Waals surface area contributed by atoms with Crippen LogP contribution in [0.1, 0.15) is 57.6 Å². The Bertz CT molecular complexity index is 625. The maximum atomic E-state index is 12.4. The van der Waals surface area contributed by atoms with Gasteiger partial charge in [-0.1, -0.05) is 50.3 Å². The number of hydrogen-bond acceptors (Lipinski definition) is 2. The Labute approximate surface area is 122 Å². The molecule has 1 aliphatic heterocycles. The third kappa shape index (κ3) is 2.83. The first-order chi connectivity index (χ1) is 9.59. The lowest BCUT2D eigenvalue weighted by molar-refractivity contribution is 0.470. The Morgan fingerprint density at radius 3 is 2.65 bits per heavy atom. The van der Waals surface area contributed by atoms with Crippen LogP contribution in [0.3, 0.4) is 0 Å². The van der Waals surface area contributed by atoms with Crippen LogP contribution in [0.5, 0.6) is 0 Å². The van der Waals surface area contributed by atoms with Gasteiger partial charge in [-0.2, -0.15) is 0 Å². The number of fused-ring (bicyclic) bond motifs is 1. The van der Waals surface area contributed by atoms with E-state index in [9.17, 15) is 8.42 Å². The molecule has 108 valence electrons. The Morgan fingerprint density at radius 1 is 1.20 bits per heavy atom. The number of unbranched alkanes of at least 4 members (excludes halogenated alkanes) is 4. The molecule has 1 aromatic rings. The van der Waals surface area contributed by atoms with Crippen LogP contribution in [-0.2, 0) is 10.0 Å². The van der Waals surface area contributed by atoms with E-state index in [1.807, 2.05) is 19.1 Å². The minimum absolute atomic E-state index is 0.195. The van der Waals surface area contributed by atoms with Crippen LogP contribution in [0.2, 0.25) is 0 Å². The summed E-state index contributed by atoms with van der Waals surface area (Å²) < 4.78 is 26.1. The highest BCUT2D eigenvalue weighted by Crippen LogP contribution is 2.38. The van der Waals surface area contributed by atoms with E-state index in [2.05, 4.69) is 18.9 Å². The lowest BCUT2D eigenvalue weighted by Gasteiger charge is -2.14. The van der Waals surface area contributed by atoms with Crippen molar-refractivity contribution >= 4 is 10.0 Å². The average molecular weight is 291 g/mol. The minimum atomic E-state index is -3.43. The van der Waals surface area contributed by atoms with Crippen LogP contribution in [0.4, 0.5) is 0 Å². The van der Waals surface area contributed by atoms with E-state index in [-0.39, 0.29) is 6.04 Å². The number of hydrogen-bond donors (Lipinski definition) is 0. The van der Waals surface area contributed by atoms with Crippen LogP contribution in [0.15, 0.2) is 29.2 Å². The fraction of sp³-hybridized carbons (Fsp3) is 0.500. The number of sulfonamides is 1. The molecule has 0 saturated heterocycles. The molecular weight excluding hydrogens is 270 g/mol. The Balaban J connectivity index is 2.10. The first-order valence-corrected chi connectivity index (χ1v) is 8.65. The minimum Gasteiger partial charge on any atom is -0.217 e. The molecule has 0 saturated carbocycles. The van der Waals surface area contributed by atoms with Crippen molar-refractivity contribution in [3.8, 4) is 12.0 Å². The predicted molar refractivity (Wildman–Crippen MR) is 80.4 cm³/mol. The molecule has 0 aliphatic carbocycles. The Hall–Kier alpha value is -1.47. The zero-order valence-electron chi connectivity index (χ0n) is 12.1. The van der Waals surface area contributed by atoms with Crippen molar-refractivity contribution in [2.75, 3.05) is 0 Å². The molecular formula is C16H21NO2S. The van der Waals surface area contributed by atoms with Crippen molar-refractivity contribution in [1.29, 1.82) is 0 Å². The Kier molecular flexibility index (Phi) is 4.72. The van der Waals surface area contributed by atoms with Gasteiger partial charge >= 0.3 is 0 Å². The quantitative estimate of drug-likeness (QED) is 0.627. The van der Waals surface area contributed by atoms with Gasteiger partial charge in [0.05, 0.1) is 10.9 Å². The summed E-state index contributed by atoms with van der Waals surface area (Å²) in [7, 11) is -3.43. The standard InChI is InChI=1S/C16H21NO2S/c1-3-4-5-6-7-10-13-17-14(2)15-11-8-9-12-16(15)20(17,18)19/h8-9,11-12,14H,3-7H2,1-2H3. The van der Waals surface area contributed by atoms with E-state index in [4.69, 9.17) is 0 Å². The van der Waals surface area contributed by atoms with E-state index in [0.717, 1.165) is 24.8 Å². The molecule has 0 radical (unpaired) electrons. The van der Waals surface area contributed by atoms with Crippen molar-refractivity contribution in [2.24, 2.45) is 0 Å². The van der Waals surface area contributed by atoms with Crippen molar-refractivity contribution in [3.05, 3.63) is 29.8 Å². The van der Waals surface area contributed by atoms with Crippen LogP contribution >= 0.6 is 0 Å². The molecule has 0 N–H and O–H groups in total. The maximum absolute atomic E-state index is 12.4. The Morgan fingerprint density at radius 2 is 1.95 bits per heavy atom. The monoisotopic (exact) mass is 291 g/mol. The van der Waals surface area contributed by atoms with Gasteiger partial charge in [0.25, 0.3) is 10.0 Å². The summed E-state index contributed by atoms with van der Waals surface area (Å²) in [5.74, 6) is 3.00. The topological polar surface area (TPSA) is 37.4 Å². The molecule has 2 rings (SSSR count). The summed E-state index contributed by atoms with van der Waals surface area (Å²) in [5.41, 5.74) is 0.841. The maximum Gasteiger partial charge on any atom is 0.271 e. The number of nitrogens with zero attached hydrogens (tertiary/aromatic N) is 1. The summed E-state index contributed by atoms with van der Waals surface area (Å²) in [4.78, 5) is 0.396. The molecule has 20 heavy (non-hydrogen) atoms. The summed E-state index contributed by atoms with van der Waals surface area (Å²) >= 11 is 0. The second kappa shape index (κ2) is 6.32. The molecule has 1 heterocycles. The SMILES string of the molecule is CCCCCCC#CN1C(C)c2ccccc2S1(=O)=O. The molecule has 1 atom stereocenters. The van der Waals surface area contributed by atoms with Gasteiger partial charge in [0, 0.05) is 12.5 Å². The highest BCUT2D eigenvalue weighted by Gasteiger charge is 2.38. The first kappa shape index (κ1) is 14.9. The molecule has 0 bridgehead atoms. The molecule has 4 heteroatoms. The van der Waals surface area contributed by atoms with Crippen molar-refractivity contribution in [1.82, 2.24) is 4.31 Å².